The van der Waals surface area contributed by atoms with Gasteiger partial charge in [-0.1, -0.05) is 105 Å². The first-order valence-electron chi connectivity index (χ1n) is 14.1. The van der Waals surface area contributed by atoms with Crippen molar-refractivity contribution >= 4 is 11.9 Å². The zero-order chi connectivity index (χ0) is 24.3. The minimum absolute atomic E-state index is 0.136. The molecule has 1 rings (SSSR count). The number of unbranched alkanes of at least 4 members (excludes halogenated alkanes) is 10. The van der Waals surface area contributed by atoms with E-state index in [4.69, 9.17) is 9.47 Å². The van der Waals surface area contributed by atoms with Crippen molar-refractivity contribution in [2.24, 2.45) is 11.8 Å². The normalized spacial score (nSPS) is 15.1. The lowest BCUT2D eigenvalue weighted by Gasteiger charge is -2.20. The maximum absolute atomic E-state index is 13.2. The number of esters is 2. The van der Waals surface area contributed by atoms with E-state index in [9.17, 15) is 9.59 Å². The van der Waals surface area contributed by atoms with Crippen molar-refractivity contribution in [3.63, 3.8) is 0 Å². The number of carbonyl (C=O) groups is 2. The second-order valence-corrected chi connectivity index (χ2v) is 10.3. The van der Waals surface area contributed by atoms with Gasteiger partial charge in [0.25, 0.3) is 0 Å². The molecule has 4 heteroatoms. The molecular formula is C29H52O4. The van der Waals surface area contributed by atoms with Gasteiger partial charge < -0.3 is 9.47 Å². The zero-order valence-electron chi connectivity index (χ0n) is 22.2. The summed E-state index contributed by atoms with van der Waals surface area (Å²) in [5.74, 6) is -0.153. The fourth-order valence-corrected chi connectivity index (χ4v) is 4.72. The molecule has 0 amide bonds. The molecule has 1 aliphatic carbocycles. The Hall–Kier alpha value is -1.32. The van der Waals surface area contributed by atoms with Gasteiger partial charge in [-0.2, -0.15) is 0 Å². The van der Waals surface area contributed by atoms with Crippen molar-refractivity contribution in [3.8, 4) is 0 Å². The molecule has 0 aliphatic heterocycles. The van der Waals surface area contributed by atoms with Crippen LogP contribution in [-0.4, -0.2) is 25.2 Å². The average molecular weight is 465 g/mol. The van der Waals surface area contributed by atoms with E-state index in [-0.39, 0.29) is 23.8 Å². The van der Waals surface area contributed by atoms with Crippen molar-refractivity contribution in [2.75, 3.05) is 13.2 Å². The first-order valence-corrected chi connectivity index (χ1v) is 14.1. The van der Waals surface area contributed by atoms with Crippen LogP contribution in [0.2, 0.25) is 0 Å². The van der Waals surface area contributed by atoms with E-state index in [1.54, 1.807) is 0 Å². The third kappa shape index (κ3) is 13.2. The van der Waals surface area contributed by atoms with E-state index in [0.717, 1.165) is 51.4 Å². The summed E-state index contributed by atoms with van der Waals surface area (Å²) in [5, 5.41) is 0. The molecule has 0 aromatic heterocycles. The van der Waals surface area contributed by atoms with E-state index < -0.39 is 0 Å². The molecule has 0 unspecified atom stereocenters. The zero-order valence-corrected chi connectivity index (χ0v) is 22.2. The van der Waals surface area contributed by atoms with Crippen molar-refractivity contribution < 1.29 is 19.1 Å². The lowest BCUT2D eigenvalue weighted by molar-refractivity contribution is -0.143. The lowest BCUT2D eigenvalue weighted by atomic mass is 9.88. The standard InChI is InChI=1S/C29H52O4/c1-5-7-9-11-13-17-21-32-28(30)26(23-24(3)4)27(25-19-15-16-20-25)29(31)33-22-18-14-12-10-8-6-2/h24-25H,5-23H2,1-4H3. The van der Waals surface area contributed by atoms with E-state index in [1.165, 1.54) is 51.4 Å². The molecule has 0 saturated heterocycles. The Morgan fingerprint density at radius 1 is 0.697 bits per heavy atom. The molecular weight excluding hydrogens is 412 g/mol. The summed E-state index contributed by atoms with van der Waals surface area (Å²) in [6.07, 6.45) is 18.6. The van der Waals surface area contributed by atoms with Crippen LogP contribution in [0.5, 0.6) is 0 Å². The van der Waals surface area contributed by atoms with Gasteiger partial charge in [-0.15, -0.1) is 0 Å². The van der Waals surface area contributed by atoms with Gasteiger partial charge in [-0.3, -0.25) is 0 Å². The SMILES string of the molecule is CCCCCCCCOC(=O)C(CC(C)C)=C(C(=O)OCCCCCCCC)C1CCCC1. The van der Waals surface area contributed by atoms with E-state index in [2.05, 4.69) is 27.7 Å². The quantitative estimate of drug-likeness (QED) is 0.109. The number of hydrogen-bond acceptors (Lipinski definition) is 4. The molecule has 33 heavy (non-hydrogen) atoms. The molecule has 0 aromatic carbocycles. The van der Waals surface area contributed by atoms with Gasteiger partial charge in [-0.05, 0) is 43.9 Å². The second kappa shape index (κ2) is 19.0. The third-order valence-corrected chi connectivity index (χ3v) is 6.63. The monoisotopic (exact) mass is 464 g/mol. The predicted octanol–water partition coefficient (Wildman–Crippen LogP) is 8.33. The molecule has 0 N–H and O–H groups in total. The van der Waals surface area contributed by atoms with Crippen LogP contribution in [0.25, 0.3) is 0 Å². The van der Waals surface area contributed by atoms with Crippen LogP contribution in [0.15, 0.2) is 11.1 Å². The Labute approximate surface area is 204 Å². The Kier molecular flexibility index (Phi) is 17.1. The molecule has 0 radical (unpaired) electrons. The molecule has 192 valence electrons. The van der Waals surface area contributed by atoms with Crippen LogP contribution >= 0.6 is 0 Å². The van der Waals surface area contributed by atoms with Gasteiger partial charge in [0.2, 0.25) is 0 Å². The molecule has 0 atom stereocenters. The number of hydrogen-bond donors (Lipinski definition) is 0. The molecule has 4 nitrogen and oxygen atoms in total. The van der Waals surface area contributed by atoms with Gasteiger partial charge >= 0.3 is 11.9 Å². The summed E-state index contributed by atoms with van der Waals surface area (Å²) in [6, 6.07) is 0. The smallest absolute Gasteiger partial charge is 0.334 e. The average Bonchev–Trinajstić information content (AvgIpc) is 3.31. The summed E-state index contributed by atoms with van der Waals surface area (Å²) in [5.41, 5.74) is 1.20. The Bertz CT molecular complexity index is 558. The van der Waals surface area contributed by atoms with Crippen molar-refractivity contribution in [3.05, 3.63) is 11.1 Å². The minimum atomic E-state index is -0.296. The van der Waals surface area contributed by atoms with E-state index >= 15 is 0 Å². The van der Waals surface area contributed by atoms with Crippen molar-refractivity contribution in [2.45, 2.75) is 137 Å². The van der Waals surface area contributed by atoms with Crippen LogP contribution in [-0.2, 0) is 19.1 Å². The van der Waals surface area contributed by atoms with Gasteiger partial charge in [0.15, 0.2) is 0 Å². The number of carbonyl (C=O) groups excluding carboxylic acids is 2. The fraction of sp³-hybridized carbons (Fsp3) is 0.862. The molecule has 1 saturated carbocycles. The fourth-order valence-electron chi connectivity index (χ4n) is 4.72. The Morgan fingerprint density at radius 2 is 1.15 bits per heavy atom. The summed E-state index contributed by atoms with van der Waals surface area (Å²) < 4.78 is 11.4. The molecule has 0 heterocycles. The highest BCUT2D eigenvalue weighted by Crippen LogP contribution is 2.35. The topological polar surface area (TPSA) is 52.6 Å². The van der Waals surface area contributed by atoms with E-state index in [1.807, 2.05) is 0 Å². The molecule has 1 fully saturated rings. The highest BCUT2D eigenvalue weighted by atomic mass is 16.5. The Balaban J connectivity index is 2.74. The van der Waals surface area contributed by atoms with Gasteiger partial charge in [-0.25, -0.2) is 9.59 Å². The number of rotatable bonds is 19. The van der Waals surface area contributed by atoms with Crippen molar-refractivity contribution in [1.29, 1.82) is 0 Å². The van der Waals surface area contributed by atoms with Crippen LogP contribution in [0.3, 0.4) is 0 Å². The van der Waals surface area contributed by atoms with Crippen molar-refractivity contribution in [1.82, 2.24) is 0 Å². The number of ether oxygens (including phenoxy) is 2. The summed E-state index contributed by atoms with van der Waals surface area (Å²) in [4.78, 5) is 26.3. The minimum Gasteiger partial charge on any atom is -0.462 e. The van der Waals surface area contributed by atoms with Gasteiger partial charge in [0.05, 0.1) is 18.8 Å². The van der Waals surface area contributed by atoms with Crippen LogP contribution in [0.1, 0.15) is 137 Å². The molecule has 1 aliphatic rings. The highest BCUT2D eigenvalue weighted by molar-refractivity contribution is 6.00. The highest BCUT2D eigenvalue weighted by Gasteiger charge is 2.32. The summed E-state index contributed by atoms with van der Waals surface area (Å²) in [7, 11) is 0. The summed E-state index contributed by atoms with van der Waals surface area (Å²) >= 11 is 0. The van der Waals surface area contributed by atoms with Gasteiger partial charge in [0.1, 0.15) is 0 Å². The maximum atomic E-state index is 13.2. The predicted molar refractivity (Wildman–Crippen MR) is 137 cm³/mol. The lowest BCUT2D eigenvalue weighted by Crippen LogP contribution is -2.23. The van der Waals surface area contributed by atoms with Crippen LogP contribution in [0.4, 0.5) is 0 Å². The summed E-state index contributed by atoms with van der Waals surface area (Å²) in [6.45, 7) is 9.50. The van der Waals surface area contributed by atoms with E-state index in [0.29, 0.717) is 30.8 Å². The first-order chi connectivity index (χ1) is 16.0. The van der Waals surface area contributed by atoms with Crippen LogP contribution < -0.4 is 0 Å². The first kappa shape index (κ1) is 29.7. The second-order valence-electron chi connectivity index (χ2n) is 10.3. The van der Waals surface area contributed by atoms with Crippen LogP contribution in [0, 0.1) is 11.8 Å². The largest absolute Gasteiger partial charge is 0.462 e. The maximum Gasteiger partial charge on any atom is 0.334 e. The molecule has 0 aromatic rings. The molecule has 0 bridgehead atoms. The van der Waals surface area contributed by atoms with Gasteiger partial charge in [0, 0.05) is 5.57 Å². The Morgan fingerprint density at radius 3 is 1.64 bits per heavy atom. The molecule has 0 spiro atoms. The third-order valence-electron chi connectivity index (χ3n) is 6.63.